The third-order valence-electron chi connectivity index (χ3n) is 3.11. The molecule has 0 aliphatic carbocycles. The van der Waals surface area contributed by atoms with E-state index in [2.05, 4.69) is 10.3 Å². The highest BCUT2D eigenvalue weighted by Crippen LogP contribution is 2.35. The van der Waals surface area contributed by atoms with Gasteiger partial charge in [0.2, 0.25) is 0 Å². The number of alkyl halides is 3. The smallest absolute Gasteiger partial charge is 0.417 e. The first-order chi connectivity index (χ1) is 11.4. The van der Waals surface area contributed by atoms with Crippen LogP contribution in [0.15, 0.2) is 33.9 Å². The van der Waals surface area contributed by atoms with E-state index < -0.39 is 22.3 Å². The third-order valence-corrected chi connectivity index (χ3v) is 3.41. The number of nitriles is 1. The number of aromatic nitrogens is 1. The van der Waals surface area contributed by atoms with Gasteiger partial charge in [-0.15, -0.1) is 0 Å². The zero-order chi connectivity index (χ0) is 17.6. The summed E-state index contributed by atoms with van der Waals surface area (Å²) in [6.07, 6.45) is -3.35. The number of hydrogen-bond donors (Lipinski definition) is 1. The number of nitrogens with zero attached hydrogens (tertiary/aromatic N) is 2. The molecule has 0 bridgehead atoms. The average Bonchev–Trinajstić information content (AvgIpc) is 3.10. The molecule has 1 fully saturated rings. The Morgan fingerprint density at radius 2 is 2.00 bits per heavy atom. The lowest BCUT2D eigenvalue weighted by atomic mass is 10.1. The van der Waals surface area contributed by atoms with Crippen LogP contribution in [0.4, 0.5) is 13.2 Å². The summed E-state index contributed by atoms with van der Waals surface area (Å²) in [6, 6.07) is 5.16. The Bertz CT molecular complexity index is 696. The number of ether oxygens (including phenoxy) is 1. The van der Waals surface area contributed by atoms with E-state index in [0.29, 0.717) is 0 Å². The minimum atomic E-state index is -4.66. The summed E-state index contributed by atoms with van der Waals surface area (Å²) >= 11 is 4.69. The molecule has 24 heavy (non-hydrogen) atoms. The highest BCUT2D eigenvalue weighted by molar-refractivity contribution is 7.58. The maximum Gasteiger partial charge on any atom is 0.417 e. The Labute approximate surface area is 141 Å². The Kier molecular flexibility index (Phi) is 6.14. The largest absolute Gasteiger partial charge is 0.759 e. The van der Waals surface area contributed by atoms with Gasteiger partial charge in [0.25, 0.3) is 0 Å². The average molecular weight is 357 g/mol. The van der Waals surface area contributed by atoms with Gasteiger partial charge in [-0.1, -0.05) is 5.03 Å². The van der Waals surface area contributed by atoms with Crippen molar-refractivity contribution in [2.24, 2.45) is 0 Å². The Morgan fingerprint density at radius 1 is 1.29 bits per heavy atom. The molecule has 3 heterocycles. The molecule has 2 aromatic heterocycles. The second kappa shape index (κ2) is 8.10. The Balaban J connectivity index is 0.000000292. The molecule has 0 spiro atoms. The van der Waals surface area contributed by atoms with Gasteiger partial charge < -0.3 is 27.1 Å². The highest BCUT2D eigenvalue weighted by atomic mass is 32.1. The Hall–Kier alpha value is -2.15. The standard InChI is InChI=1S/C11H5F3N2OS.C4H9NO/c12-11(13,14)7-4-8(9-2-1-3-17-9)16-10(18)6(7)5-15;1-3-6-4-2-5-1/h1-4H,(H,16,18);5H,1-4H2. The molecule has 0 saturated carbocycles. The third kappa shape index (κ3) is 4.67. The van der Waals surface area contributed by atoms with Gasteiger partial charge in [0, 0.05) is 0 Å². The normalized spacial score (nSPS) is 14.4. The molecule has 1 aliphatic heterocycles. The number of hydrogen-bond acceptors (Lipinski definition) is 5. The maximum absolute atomic E-state index is 12.8. The van der Waals surface area contributed by atoms with E-state index in [1.165, 1.54) is 24.5 Å². The summed E-state index contributed by atoms with van der Waals surface area (Å²) in [4.78, 5) is 3.76. The molecule has 0 radical (unpaired) electrons. The van der Waals surface area contributed by atoms with Crippen LogP contribution in [0.5, 0.6) is 0 Å². The van der Waals surface area contributed by atoms with E-state index in [9.17, 15) is 13.2 Å². The van der Waals surface area contributed by atoms with Crippen molar-refractivity contribution in [3.8, 4) is 17.5 Å². The van der Waals surface area contributed by atoms with E-state index in [1.807, 2.05) is 0 Å². The topological polar surface area (TPSA) is 75.7 Å². The molecule has 2 N–H and O–H groups in total. The first kappa shape index (κ1) is 18.2. The van der Waals surface area contributed by atoms with E-state index in [4.69, 9.17) is 27.0 Å². The van der Waals surface area contributed by atoms with E-state index >= 15 is 0 Å². The summed E-state index contributed by atoms with van der Waals surface area (Å²) in [5.41, 5.74) is -1.79. The van der Waals surface area contributed by atoms with Gasteiger partial charge in [-0.25, -0.2) is 0 Å². The van der Waals surface area contributed by atoms with Gasteiger partial charge in [-0.3, -0.25) is 4.98 Å². The fourth-order valence-corrected chi connectivity index (χ4v) is 2.24. The molecule has 9 heteroatoms. The molecule has 1 aliphatic rings. The molecule has 3 rings (SSSR count). The molecule has 5 nitrogen and oxygen atoms in total. The van der Waals surface area contributed by atoms with Crippen molar-refractivity contribution in [1.82, 2.24) is 4.98 Å². The predicted octanol–water partition coefficient (Wildman–Crippen LogP) is 1.72. The molecule has 0 aromatic carbocycles. The second-order valence-electron chi connectivity index (χ2n) is 4.80. The minimum Gasteiger partial charge on any atom is -0.759 e. The number of halogens is 3. The van der Waals surface area contributed by atoms with Crippen molar-refractivity contribution in [1.29, 1.82) is 5.26 Å². The van der Waals surface area contributed by atoms with Crippen molar-refractivity contribution in [3.63, 3.8) is 0 Å². The SMILES string of the molecule is C1COCC[NH2+]1.N#Cc1c(C(F)(F)F)cc(-c2ccco2)nc1[S-]. The zero-order valence-corrected chi connectivity index (χ0v) is 13.3. The number of pyridine rings is 1. The summed E-state index contributed by atoms with van der Waals surface area (Å²) in [6.45, 7) is 4.19. The lowest BCUT2D eigenvalue weighted by Crippen LogP contribution is -2.87. The Morgan fingerprint density at radius 3 is 2.42 bits per heavy atom. The summed E-state index contributed by atoms with van der Waals surface area (Å²) in [5.74, 6) is 0.163. The summed E-state index contributed by atoms with van der Waals surface area (Å²) < 4.78 is 48.3. The van der Waals surface area contributed by atoms with Crippen LogP contribution in [0, 0.1) is 11.3 Å². The predicted molar refractivity (Wildman–Crippen MR) is 79.8 cm³/mol. The summed E-state index contributed by atoms with van der Waals surface area (Å²) in [5, 5.41) is 10.6. The van der Waals surface area contributed by atoms with Crippen LogP contribution in [-0.2, 0) is 23.5 Å². The molecule has 128 valence electrons. The van der Waals surface area contributed by atoms with Crippen molar-refractivity contribution in [2.45, 2.75) is 11.2 Å². The van der Waals surface area contributed by atoms with Gasteiger partial charge in [0.1, 0.15) is 5.69 Å². The molecule has 0 atom stereocenters. The molecular formula is C15H14F3N3O2S. The van der Waals surface area contributed by atoms with Gasteiger partial charge in [0.15, 0.2) is 5.76 Å². The number of quaternary nitrogens is 1. The van der Waals surface area contributed by atoms with Crippen molar-refractivity contribution in [2.75, 3.05) is 26.3 Å². The first-order valence-corrected chi connectivity index (χ1v) is 7.47. The van der Waals surface area contributed by atoms with Crippen molar-refractivity contribution >= 4 is 12.6 Å². The van der Waals surface area contributed by atoms with Crippen LogP contribution < -0.4 is 5.32 Å². The number of rotatable bonds is 1. The van der Waals surface area contributed by atoms with Gasteiger partial charge in [-0.05, 0) is 18.2 Å². The highest BCUT2D eigenvalue weighted by Gasteiger charge is 2.34. The fourth-order valence-electron chi connectivity index (χ4n) is 1.98. The number of morpholine rings is 1. The van der Waals surface area contributed by atoms with Crippen LogP contribution in [0.1, 0.15) is 11.1 Å². The van der Waals surface area contributed by atoms with Crippen LogP contribution in [0.3, 0.4) is 0 Å². The number of nitrogens with two attached hydrogens (primary N) is 1. The molecule has 0 unspecified atom stereocenters. The van der Waals surface area contributed by atoms with Crippen LogP contribution in [-0.4, -0.2) is 31.3 Å². The molecule has 1 saturated heterocycles. The van der Waals surface area contributed by atoms with E-state index in [1.54, 1.807) is 0 Å². The number of furan rings is 1. The monoisotopic (exact) mass is 357 g/mol. The van der Waals surface area contributed by atoms with E-state index in [-0.39, 0.29) is 11.5 Å². The molecule has 0 amide bonds. The quantitative estimate of drug-likeness (QED) is 0.787. The summed E-state index contributed by atoms with van der Waals surface area (Å²) in [7, 11) is 0. The lowest BCUT2D eigenvalue weighted by molar-refractivity contribution is -0.670. The van der Waals surface area contributed by atoms with Crippen LogP contribution in [0.25, 0.3) is 11.5 Å². The van der Waals surface area contributed by atoms with Crippen molar-refractivity contribution < 1.29 is 27.6 Å². The molecular weight excluding hydrogens is 343 g/mol. The second-order valence-corrected chi connectivity index (χ2v) is 5.19. The van der Waals surface area contributed by atoms with Gasteiger partial charge in [0.05, 0.1) is 49.8 Å². The molecule has 2 aromatic rings. The maximum atomic E-state index is 12.8. The first-order valence-electron chi connectivity index (χ1n) is 7.06. The minimum absolute atomic E-state index is 0.0451. The van der Waals surface area contributed by atoms with Gasteiger partial charge in [-0.2, -0.15) is 18.4 Å². The fraction of sp³-hybridized carbons (Fsp3) is 0.333. The van der Waals surface area contributed by atoms with E-state index in [0.717, 1.165) is 32.4 Å². The van der Waals surface area contributed by atoms with Gasteiger partial charge >= 0.3 is 6.18 Å². The van der Waals surface area contributed by atoms with Crippen LogP contribution in [0.2, 0.25) is 0 Å². The zero-order valence-electron chi connectivity index (χ0n) is 12.5. The van der Waals surface area contributed by atoms with Crippen molar-refractivity contribution in [3.05, 3.63) is 35.6 Å². The lowest BCUT2D eigenvalue weighted by Gasteiger charge is -2.16. The van der Waals surface area contributed by atoms with Crippen LogP contribution >= 0.6 is 0 Å².